The molecular weight excluding hydrogens is 300 g/mol. The average molecular weight is 311 g/mol. The molecule has 0 heterocycles. The number of hydrogen-bond acceptors (Lipinski definition) is 3. The van der Waals surface area contributed by atoms with Gasteiger partial charge in [0.2, 0.25) is 9.84 Å². The predicted octanol–water partition coefficient (Wildman–Crippen LogP) is 2.94. The molecule has 110 valence electrons. The summed E-state index contributed by atoms with van der Waals surface area (Å²) in [6, 6.07) is 13.1. The molecule has 0 saturated carbocycles. The molecule has 2 rings (SSSR count). The van der Waals surface area contributed by atoms with Gasteiger partial charge in [0.15, 0.2) is 0 Å². The smallest absolute Gasteiger partial charge is 0.321 e. The molecule has 1 N–H and O–H groups in total. The van der Waals surface area contributed by atoms with Gasteiger partial charge in [-0.25, -0.2) is 8.42 Å². The Hall–Kier alpha value is -2.28. The molecule has 2 aromatic rings. The number of amides is 1. The van der Waals surface area contributed by atoms with Crippen molar-refractivity contribution in [3.05, 3.63) is 60.2 Å². The topological polar surface area (TPSA) is 63.2 Å². The maximum Gasteiger partial charge on any atom is 0.341 e. The van der Waals surface area contributed by atoms with Crippen LogP contribution >= 0.6 is 0 Å². The molecule has 1 amide bonds. The first-order valence-corrected chi connectivity index (χ1v) is 7.45. The highest BCUT2D eigenvalue weighted by Gasteiger charge is 2.29. The third kappa shape index (κ3) is 3.25. The highest BCUT2D eigenvalue weighted by atomic mass is 32.2. The van der Waals surface area contributed by atoms with Crippen LogP contribution in [0.4, 0.5) is 14.5 Å². The zero-order valence-electron chi connectivity index (χ0n) is 10.7. The Balaban J connectivity index is 2.36. The Morgan fingerprint density at radius 1 is 0.952 bits per heavy atom. The number of carbonyl (C=O) groups excluding carboxylic acids is 1. The van der Waals surface area contributed by atoms with E-state index in [-0.39, 0.29) is 5.69 Å². The van der Waals surface area contributed by atoms with Crippen LogP contribution in [-0.2, 0) is 9.84 Å². The lowest BCUT2D eigenvalue weighted by atomic mass is 10.2. The summed E-state index contributed by atoms with van der Waals surface area (Å²) < 4.78 is 48.4. The molecule has 0 unspecified atom stereocenters. The molecule has 0 spiro atoms. The van der Waals surface area contributed by atoms with Crippen LogP contribution in [-0.4, -0.2) is 20.1 Å². The molecule has 0 radical (unpaired) electrons. The summed E-state index contributed by atoms with van der Waals surface area (Å²) in [5.41, 5.74) is 0.119. The van der Waals surface area contributed by atoms with Gasteiger partial charge in [0.25, 0.3) is 5.91 Å². The summed E-state index contributed by atoms with van der Waals surface area (Å²) >= 11 is 0. The lowest BCUT2D eigenvalue weighted by Crippen LogP contribution is -2.17. The van der Waals surface area contributed by atoms with Crippen molar-refractivity contribution in [1.82, 2.24) is 0 Å². The molecule has 0 saturated heterocycles. The first kappa shape index (κ1) is 15.1. The Labute approximate surface area is 120 Å². The number of nitrogens with one attached hydrogen (secondary N) is 1. The van der Waals surface area contributed by atoms with Gasteiger partial charge in [-0.05, 0) is 24.3 Å². The van der Waals surface area contributed by atoms with Gasteiger partial charge < -0.3 is 5.32 Å². The molecule has 0 fully saturated rings. The number of para-hydroxylation sites is 1. The molecule has 0 bridgehead atoms. The van der Waals surface area contributed by atoms with E-state index in [2.05, 4.69) is 5.32 Å². The van der Waals surface area contributed by atoms with Crippen LogP contribution in [0.15, 0.2) is 59.5 Å². The fourth-order valence-electron chi connectivity index (χ4n) is 1.70. The number of sulfone groups is 1. The lowest BCUT2D eigenvalue weighted by Gasteiger charge is -2.11. The van der Waals surface area contributed by atoms with Crippen molar-refractivity contribution in [3.63, 3.8) is 0 Å². The summed E-state index contributed by atoms with van der Waals surface area (Å²) in [6.07, 6.45) is 0. The molecule has 0 aliphatic rings. The number of hydrogen-bond donors (Lipinski definition) is 1. The van der Waals surface area contributed by atoms with Crippen LogP contribution < -0.4 is 5.32 Å². The highest BCUT2D eigenvalue weighted by Crippen LogP contribution is 2.26. The number of alkyl halides is 2. The van der Waals surface area contributed by atoms with Crippen LogP contribution in [0.2, 0.25) is 0 Å². The zero-order valence-corrected chi connectivity index (χ0v) is 11.5. The van der Waals surface area contributed by atoms with Crippen molar-refractivity contribution >= 4 is 21.4 Å². The van der Waals surface area contributed by atoms with Gasteiger partial charge in [0, 0.05) is 5.56 Å². The van der Waals surface area contributed by atoms with E-state index in [9.17, 15) is 22.0 Å². The van der Waals surface area contributed by atoms with Crippen LogP contribution in [0.25, 0.3) is 0 Å². The van der Waals surface area contributed by atoms with Gasteiger partial charge in [-0.2, -0.15) is 8.78 Å². The number of carbonyl (C=O) groups is 1. The maximum atomic E-state index is 12.6. The first-order chi connectivity index (χ1) is 9.93. The second kappa shape index (κ2) is 6.01. The average Bonchev–Trinajstić information content (AvgIpc) is 2.48. The first-order valence-electron chi connectivity index (χ1n) is 5.90. The quantitative estimate of drug-likeness (QED) is 0.944. The minimum atomic E-state index is -4.78. The fraction of sp³-hybridized carbons (Fsp3) is 0.0714. The molecular formula is C14H11F2NO3S. The van der Waals surface area contributed by atoms with Gasteiger partial charge in [-0.15, -0.1) is 0 Å². The molecule has 21 heavy (non-hydrogen) atoms. The van der Waals surface area contributed by atoms with Gasteiger partial charge in [0.1, 0.15) is 0 Å². The van der Waals surface area contributed by atoms with Gasteiger partial charge in [-0.3, -0.25) is 4.79 Å². The van der Waals surface area contributed by atoms with Gasteiger partial charge >= 0.3 is 5.76 Å². The van der Waals surface area contributed by atoms with E-state index in [0.717, 1.165) is 6.07 Å². The third-order valence-corrected chi connectivity index (χ3v) is 4.15. The standard InChI is InChI=1S/C14H11F2NO3S/c15-14(16)21(19,20)12-9-5-4-8-11(12)17-13(18)10-6-2-1-3-7-10/h1-9,14H,(H,17,18). The van der Waals surface area contributed by atoms with Crippen molar-refractivity contribution in [2.75, 3.05) is 5.32 Å². The minimum Gasteiger partial charge on any atom is -0.321 e. The molecule has 0 aliphatic heterocycles. The second-order valence-electron chi connectivity index (χ2n) is 4.12. The van der Waals surface area contributed by atoms with Crippen molar-refractivity contribution in [1.29, 1.82) is 0 Å². The molecule has 0 atom stereocenters. The lowest BCUT2D eigenvalue weighted by molar-refractivity contribution is 0.102. The van der Waals surface area contributed by atoms with E-state index in [4.69, 9.17) is 0 Å². The second-order valence-corrected chi connectivity index (χ2v) is 6.01. The Morgan fingerprint density at radius 3 is 2.14 bits per heavy atom. The van der Waals surface area contributed by atoms with E-state index in [1.165, 1.54) is 30.3 Å². The van der Waals surface area contributed by atoms with Crippen LogP contribution in [0.5, 0.6) is 0 Å². The number of anilines is 1. The van der Waals surface area contributed by atoms with E-state index < -0.39 is 26.4 Å². The maximum absolute atomic E-state index is 12.6. The van der Waals surface area contributed by atoms with Gasteiger partial charge in [-0.1, -0.05) is 30.3 Å². The summed E-state index contributed by atoms with van der Waals surface area (Å²) in [5, 5.41) is 2.34. The Morgan fingerprint density at radius 2 is 1.52 bits per heavy atom. The minimum absolute atomic E-state index is 0.174. The number of rotatable bonds is 4. The number of benzene rings is 2. The van der Waals surface area contributed by atoms with E-state index in [1.54, 1.807) is 18.2 Å². The third-order valence-electron chi connectivity index (χ3n) is 2.71. The van der Waals surface area contributed by atoms with E-state index >= 15 is 0 Å². The van der Waals surface area contributed by atoms with E-state index in [1.807, 2.05) is 0 Å². The monoisotopic (exact) mass is 311 g/mol. The van der Waals surface area contributed by atoms with Crippen molar-refractivity contribution in [2.24, 2.45) is 0 Å². The fourth-order valence-corrected chi connectivity index (χ4v) is 2.58. The molecule has 0 aromatic heterocycles. The predicted molar refractivity (Wildman–Crippen MR) is 74.0 cm³/mol. The summed E-state index contributed by atoms with van der Waals surface area (Å²) in [5.74, 6) is -4.13. The summed E-state index contributed by atoms with van der Waals surface area (Å²) in [7, 11) is -4.78. The van der Waals surface area contributed by atoms with E-state index in [0.29, 0.717) is 5.56 Å². The molecule has 7 heteroatoms. The summed E-state index contributed by atoms with van der Waals surface area (Å²) in [4.78, 5) is 11.4. The van der Waals surface area contributed by atoms with Crippen LogP contribution in [0, 0.1) is 0 Å². The van der Waals surface area contributed by atoms with Gasteiger partial charge in [0.05, 0.1) is 10.6 Å². The Bertz CT molecular complexity index is 746. The normalized spacial score (nSPS) is 11.4. The van der Waals surface area contributed by atoms with Crippen molar-refractivity contribution in [2.45, 2.75) is 10.7 Å². The van der Waals surface area contributed by atoms with Crippen molar-refractivity contribution in [3.8, 4) is 0 Å². The molecule has 0 aliphatic carbocycles. The molecule has 4 nitrogen and oxygen atoms in total. The number of halogens is 2. The van der Waals surface area contributed by atoms with Crippen LogP contribution in [0.3, 0.4) is 0 Å². The van der Waals surface area contributed by atoms with Crippen molar-refractivity contribution < 1.29 is 22.0 Å². The Kier molecular flexibility index (Phi) is 4.32. The van der Waals surface area contributed by atoms with Crippen LogP contribution in [0.1, 0.15) is 10.4 Å². The largest absolute Gasteiger partial charge is 0.341 e. The zero-order chi connectivity index (χ0) is 15.5. The SMILES string of the molecule is O=C(Nc1ccccc1S(=O)(=O)C(F)F)c1ccccc1. The highest BCUT2D eigenvalue weighted by molar-refractivity contribution is 7.91. The summed E-state index contributed by atoms with van der Waals surface area (Å²) in [6.45, 7) is 0. The molecule has 2 aromatic carbocycles.